The second-order valence-electron chi connectivity index (χ2n) is 2.78. The van der Waals surface area contributed by atoms with Crippen molar-refractivity contribution in [2.45, 2.75) is 32.3 Å². The van der Waals surface area contributed by atoms with E-state index in [9.17, 15) is 0 Å². The van der Waals surface area contributed by atoms with Crippen LogP contribution in [0.5, 0.6) is 0 Å². The Kier molecular flexibility index (Phi) is 1.90. The van der Waals surface area contributed by atoms with Crippen molar-refractivity contribution in [3.05, 3.63) is 0 Å². The molecule has 0 spiro atoms. The standard InChI is InChI=1S/C7H14O/c1-6-3-4-7(5-6)8-2/h6-7H,3-5H2,1-2H3/t6-,7?/m1/s1. The normalized spacial score (nSPS) is 38.2. The molecule has 0 aromatic heterocycles. The number of methoxy groups -OCH3 is 1. The fraction of sp³-hybridized carbons (Fsp3) is 1.00. The van der Waals surface area contributed by atoms with Crippen LogP contribution < -0.4 is 0 Å². The maximum atomic E-state index is 5.18. The van der Waals surface area contributed by atoms with Crippen LogP contribution >= 0.6 is 0 Å². The average Bonchev–Trinajstić information content (AvgIpc) is 2.14. The smallest absolute Gasteiger partial charge is 0.0574 e. The summed E-state index contributed by atoms with van der Waals surface area (Å²) in [6.07, 6.45) is 4.48. The van der Waals surface area contributed by atoms with E-state index in [1.54, 1.807) is 0 Å². The van der Waals surface area contributed by atoms with Gasteiger partial charge in [-0.1, -0.05) is 6.92 Å². The van der Waals surface area contributed by atoms with Crippen LogP contribution in [-0.2, 0) is 4.74 Å². The predicted octanol–water partition coefficient (Wildman–Crippen LogP) is 1.82. The fourth-order valence-electron chi connectivity index (χ4n) is 1.37. The topological polar surface area (TPSA) is 9.23 Å². The van der Waals surface area contributed by atoms with Crippen molar-refractivity contribution in [2.24, 2.45) is 5.92 Å². The molecule has 1 unspecified atom stereocenters. The van der Waals surface area contributed by atoms with Gasteiger partial charge in [0.2, 0.25) is 0 Å². The molecule has 0 saturated heterocycles. The first-order valence-corrected chi connectivity index (χ1v) is 3.35. The van der Waals surface area contributed by atoms with Gasteiger partial charge < -0.3 is 4.74 Å². The molecule has 48 valence electrons. The first-order valence-electron chi connectivity index (χ1n) is 3.35. The van der Waals surface area contributed by atoms with Crippen molar-refractivity contribution in [3.63, 3.8) is 0 Å². The summed E-state index contributed by atoms with van der Waals surface area (Å²) < 4.78 is 5.18. The van der Waals surface area contributed by atoms with Gasteiger partial charge in [0, 0.05) is 7.11 Å². The third-order valence-corrected chi connectivity index (χ3v) is 1.98. The molecular formula is C7H14O. The molecule has 0 N–H and O–H groups in total. The molecule has 8 heavy (non-hydrogen) atoms. The third kappa shape index (κ3) is 1.22. The summed E-state index contributed by atoms with van der Waals surface area (Å²) in [5, 5.41) is 0. The van der Waals surface area contributed by atoms with Crippen LogP contribution in [0.4, 0.5) is 0 Å². The van der Waals surface area contributed by atoms with Gasteiger partial charge in [-0.2, -0.15) is 0 Å². The van der Waals surface area contributed by atoms with Crippen LogP contribution in [0.3, 0.4) is 0 Å². The highest BCUT2D eigenvalue weighted by Crippen LogP contribution is 2.26. The minimum atomic E-state index is 0.574. The van der Waals surface area contributed by atoms with Gasteiger partial charge >= 0.3 is 0 Å². The van der Waals surface area contributed by atoms with Gasteiger partial charge in [-0.05, 0) is 25.2 Å². The van der Waals surface area contributed by atoms with E-state index in [2.05, 4.69) is 6.92 Å². The Morgan fingerprint density at radius 1 is 1.38 bits per heavy atom. The number of hydrogen-bond acceptors (Lipinski definition) is 1. The molecule has 0 bridgehead atoms. The summed E-state index contributed by atoms with van der Waals surface area (Å²) in [7, 11) is 1.81. The van der Waals surface area contributed by atoms with Gasteiger partial charge in [0.15, 0.2) is 0 Å². The second-order valence-corrected chi connectivity index (χ2v) is 2.78. The molecule has 0 heterocycles. The zero-order valence-electron chi connectivity index (χ0n) is 5.68. The molecule has 1 rings (SSSR count). The van der Waals surface area contributed by atoms with Crippen LogP contribution in [-0.4, -0.2) is 13.2 Å². The highest BCUT2D eigenvalue weighted by atomic mass is 16.5. The highest BCUT2D eigenvalue weighted by molar-refractivity contribution is 4.71. The van der Waals surface area contributed by atoms with Gasteiger partial charge in [-0.25, -0.2) is 0 Å². The summed E-state index contributed by atoms with van der Waals surface area (Å²) in [4.78, 5) is 0. The van der Waals surface area contributed by atoms with E-state index in [-0.39, 0.29) is 0 Å². The molecular weight excluding hydrogens is 100 g/mol. The molecule has 1 aliphatic rings. The molecule has 1 saturated carbocycles. The van der Waals surface area contributed by atoms with E-state index < -0.39 is 0 Å². The van der Waals surface area contributed by atoms with Crippen LogP contribution in [0.2, 0.25) is 0 Å². The van der Waals surface area contributed by atoms with Crippen LogP contribution in [0.25, 0.3) is 0 Å². The lowest BCUT2D eigenvalue weighted by Crippen LogP contribution is -2.03. The Morgan fingerprint density at radius 2 is 2.12 bits per heavy atom. The molecule has 0 amide bonds. The van der Waals surface area contributed by atoms with Crippen molar-refractivity contribution in [1.29, 1.82) is 0 Å². The van der Waals surface area contributed by atoms with E-state index in [1.165, 1.54) is 19.3 Å². The van der Waals surface area contributed by atoms with Gasteiger partial charge in [0.05, 0.1) is 6.10 Å². The first-order chi connectivity index (χ1) is 3.83. The SMILES string of the molecule is COC1CC[C@@H](C)C1. The molecule has 0 aliphatic heterocycles. The first kappa shape index (κ1) is 6.09. The van der Waals surface area contributed by atoms with Crippen LogP contribution in [0.15, 0.2) is 0 Å². The summed E-state index contributed by atoms with van der Waals surface area (Å²) in [6.45, 7) is 2.29. The van der Waals surface area contributed by atoms with E-state index in [0.29, 0.717) is 6.10 Å². The van der Waals surface area contributed by atoms with Crippen molar-refractivity contribution in [3.8, 4) is 0 Å². The number of ether oxygens (including phenoxy) is 1. The molecule has 2 atom stereocenters. The zero-order chi connectivity index (χ0) is 5.98. The summed E-state index contributed by atoms with van der Waals surface area (Å²) in [5.74, 6) is 0.903. The quantitative estimate of drug-likeness (QED) is 0.505. The Balaban J connectivity index is 2.22. The van der Waals surface area contributed by atoms with Crippen LogP contribution in [0, 0.1) is 5.92 Å². The maximum Gasteiger partial charge on any atom is 0.0574 e. The molecule has 0 aromatic rings. The van der Waals surface area contributed by atoms with Gasteiger partial charge in [-0.15, -0.1) is 0 Å². The lowest BCUT2D eigenvalue weighted by molar-refractivity contribution is 0.106. The Hall–Kier alpha value is -0.0400. The molecule has 0 aromatic carbocycles. The fourth-order valence-corrected chi connectivity index (χ4v) is 1.37. The Morgan fingerprint density at radius 3 is 2.38 bits per heavy atom. The monoisotopic (exact) mass is 114 g/mol. The average molecular weight is 114 g/mol. The minimum Gasteiger partial charge on any atom is -0.381 e. The Labute approximate surface area is 51.0 Å². The molecule has 1 fully saturated rings. The van der Waals surface area contributed by atoms with E-state index >= 15 is 0 Å². The number of hydrogen-bond donors (Lipinski definition) is 0. The van der Waals surface area contributed by atoms with Crippen molar-refractivity contribution >= 4 is 0 Å². The van der Waals surface area contributed by atoms with E-state index in [4.69, 9.17) is 4.74 Å². The highest BCUT2D eigenvalue weighted by Gasteiger charge is 2.19. The zero-order valence-corrected chi connectivity index (χ0v) is 5.68. The van der Waals surface area contributed by atoms with Crippen molar-refractivity contribution in [1.82, 2.24) is 0 Å². The molecule has 1 aliphatic carbocycles. The second kappa shape index (κ2) is 2.49. The maximum absolute atomic E-state index is 5.18. The lowest BCUT2D eigenvalue weighted by Gasteiger charge is -2.04. The molecule has 1 nitrogen and oxygen atoms in total. The largest absolute Gasteiger partial charge is 0.381 e. The van der Waals surface area contributed by atoms with Crippen molar-refractivity contribution < 1.29 is 4.74 Å². The third-order valence-electron chi connectivity index (χ3n) is 1.98. The van der Waals surface area contributed by atoms with Gasteiger partial charge in [-0.3, -0.25) is 0 Å². The van der Waals surface area contributed by atoms with Crippen molar-refractivity contribution in [2.75, 3.05) is 7.11 Å². The van der Waals surface area contributed by atoms with Gasteiger partial charge in [0.25, 0.3) is 0 Å². The molecule has 0 radical (unpaired) electrons. The summed E-state index contributed by atoms with van der Waals surface area (Å²) >= 11 is 0. The predicted molar refractivity (Wildman–Crippen MR) is 33.8 cm³/mol. The summed E-state index contributed by atoms with van der Waals surface area (Å²) in [6, 6.07) is 0. The molecule has 1 heteroatoms. The number of rotatable bonds is 1. The van der Waals surface area contributed by atoms with Crippen LogP contribution in [0.1, 0.15) is 26.2 Å². The van der Waals surface area contributed by atoms with E-state index in [1.807, 2.05) is 7.11 Å². The van der Waals surface area contributed by atoms with Gasteiger partial charge in [0.1, 0.15) is 0 Å². The van der Waals surface area contributed by atoms with E-state index in [0.717, 1.165) is 5.92 Å². The Bertz CT molecular complexity index is 70.8. The minimum absolute atomic E-state index is 0.574. The summed E-state index contributed by atoms with van der Waals surface area (Å²) in [5.41, 5.74) is 0. The lowest BCUT2D eigenvalue weighted by atomic mass is 10.1.